The second-order valence-corrected chi connectivity index (χ2v) is 7.50. The van der Waals surface area contributed by atoms with E-state index in [-0.39, 0.29) is 29.9 Å². The monoisotopic (exact) mass is 444 g/mol. The van der Waals surface area contributed by atoms with Crippen LogP contribution in [-0.4, -0.2) is 24.9 Å². The van der Waals surface area contributed by atoms with Gasteiger partial charge >= 0.3 is 0 Å². The molecule has 4 nitrogen and oxygen atoms in total. The maximum atomic E-state index is 13.3. The van der Waals surface area contributed by atoms with E-state index in [0.29, 0.717) is 21.8 Å². The Bertz CT molecular complexity index is 1050. The van der Waals surface area contributed by atoms with Crippen LogP contribution in [0.25, 0.3) is 0 Å². The Morgan fingerprint density at radius 1 is 0.900 bits per heavy atom. The van der Waals surface area contributed by atoms with Crippen LogP contribution in [0.2, 0.25) is 10.0 Å². The summed E-state index contributed by atoms with van der Waals surface area (Å²) < 4.78 is 13.3. The average molecular weight is 445 g/mol. The molecule has 0 atom stereocenters. The van der Waals surface area contributed by atoms with E-state index in [1.54, 1.807) is 24.3 Å². The van der Waals surface area contributed by atoms with E-state index in [0.717, 1.165) is 5.56 Å². The number of carbonyl (C=O) groups excluding carboxylic acids is 2. The molecule has 0 aliphatic carbocycles. The van der Waals surface area contributed by atoms with Gasteiger partial charge in [0.1, 0.15) is 5.82 Å². The van der Waals surface area contributed by atoms with Gasteiger partial charge in [-0.2, -0.15) is 0 Å². The molecule has 0 radical (unpaired) electrons. The second-order valence-electron chi connectivity index (χ2n) is 6.68. The SMILES string of the molecule is Cc1ccc(C(=O)N(CCNC(=O)c2ccc(Cl)c(Cl)c2)c2ccc(F)cc2)cc1. The van der Waals surface area contributed by atoms with Gasteiger partial charge in [0.2, 0.25) is 0 Å². The summed E-state index contributed by atoms with van der Waals surface area (Å²) in [6.45, 7) is 2.32. The van der Waals surface area contributed by atoms with E-state index in [4.69, 9.17) is 23.2 Å². The van der Waals surface area contributed by atoms with Crippen molar-refractivity contribution in [2.45, 2.75) is 6.92 Å². The Labute approximate surface area is 184 Å². The number of benzene rings is 3. The lowest BCUT2D eigenvalue weighted by Gasteiger charge is -2.23. The van der Waals surface area contributed by atoms with Crippen LogP contribution < -0.4 is 10.2 Å². The molecule has 0 aliphatic heterocycles. The zero-order valence-electron chi connectivity index (χ0n) is 16.2. The van der Waals surface area contributed by atoms with Crippen molar-refractivity contribution in [3.8, 4) is 0 Å². The first kappa shape index (κ1) is 21.8. The van der Waals surface area contributed by atoms with Crippen molar-refractivity contribution in [2.75, 3.05) is 18.0 Å². The number of rotatable bonds is 6. The fourth-order valence-corrected chi connectivity index (χ4v) is 3.14. The minimum Gasteiger partial charge on any atom is -0.350 e. The third-order valence-electron chi connectivity index (χ3n) is 4.48. The summed E-state index contributed by atoms with van der Waals surface area (Å²) in [5, 5.41) is 3.41. The van der Waals surface area contributed by atoms with Crippen molar-refractivity contribution in [1.29, 1.82) is 0 Å². The molecule has 154 valence electrons. The first-order chi connectivity index (χ1) is 14.3. The third kappa shape index (κ3) is 5.38. The maximum Gasteiger partial charge on any atom is 0.258 e. The van der Waals surface area contributed by atoms with Gasteiger partial charge in [0.15, 0.2) is 0 Å². The largest absolute Gasteiger partial charge is 0.350 e. The van der Waals surface area contributed by atoms with Gasteiger partial charge < -0.3 is 10.2 Å². The van der Waals surface area contributed by atoms with Crippen LogP contribution in [0.15, 0.2) is 66.7 Å². The quantitative estimate of drug-likeness (QED) is 0.544. The van der Waals surface area contributed by atoms with E-state index in [1.807, 2.05) is 19.1 Å². The molecule has 0 aliphatic rings. The zero-order chi connectivity index (χ0) is 21.7. The minimum absolute atomic E-state index is 0.189. The van der Waals surface area contributed by atoms with E-state index in [1.165, 1.54) is 35.2 Å². The molecule has 0 aromatic heterocycles. The summed E-state index contributed by atoms with van der Waals surface area (Å²) in [6, 6.07) is 17.4. The van der Waals surface area contributed by atoms with E-state index in [9.17, 15) is 14.0 Å². The number of nitrogens with zero attached hydrogens (tertiary/aromatic N) is 1. The molecule has 3 aromatic rings. The molecule has 0 bridgehead atoms. The Morgan fingerprint density at radius 2 is 1.53 bits per heavy atom. The summed E-state index contributed by atoms with van der Waals surface area (Å²) in [4.78, 5) is 26.9. The molecule has 1 N–H and O–H groups in total. The molecule has 30 heavy (non-hydrogen) atoms. The van der Waals surface area contributed by atoms with Gasteiger partial charge in [-0.3, -0.25) is 9.59 Å². The predicted octanol–water partition coefficient (Wildman–Crippen LogP) is 5.52. The molecular weight excluding hydrogens is 426 g/mol. The van der Waals surface area contributed by atoms with E-state index < -0.39 is 5.82 Å². The fraction of sp³-hybridized carbons (Fsp3) is 0.130. The summed E-state index contributed by atoms with van der Waals surface area (Å²) >= 11 is 11.8. The molecule has 2 amide bonds. The minimum atomic E-state index is -0.394. The van der Waals surface area contributed by atoms with Crippen molar-refractivity contribution < 1.29 is 14.0 Å². The Balaban J connectivity index is 1.74. The molecule has 0 fully saturated rings. The number of nitrogens with one attached hydrogen (secondary N) is 1. The number of anilines is 1. The first-order valence-corrected chi connectivity index (χ1v) is 9.98. The van der Waals surface area contributed by atoms with Gasteiger partial charge in [-0.1, -0.05) is 40.9 Å². The highest BCUT2D eigenvalue weighted by Crippen LogP contribution is 2.22. The van der Waals surface area contributed by atoms with Gasteiger partial charge in [-0.25, -0.2) is 4.39 Å². The number of carbonyl (C=O) groups is 2. The van der Waals surface area contributed by atoms with Crippen molar-refractivity contribution in [3.05, 3.63) is 99.3 Å². The van der Waals surface area contributed by atoms with Crippen LogP contribution in [0.3, 0.4) is 0 Å². The van der Waals surface area contributed by atoms with Gasteiger partial charge in [0.05, 0.1) is 10.0 Å². The number of amides is 2. The molecule has 0 saturated heterocycles. The number of halogens is 3. The first-order valence-electron chi connectivity index (χ1n) is 9.22. The molecule has 0 unspecified atom stereocenters. The second kappa shape index (κ2) is 9.74. The molecular formula is C23H19Cl2FN2O2. The summed E-state index contributed by atoms with van der Waals surface area (Å²) in [5.41, 5.74) is 2.43. The fourth-order valence-electron chi connectivity index (χ4n) is 2.84. The van der Waals surface area contributed by atoms with Crippen LogP contribution in [-0.2, 0) is 0 Å². The van der Waals surface area contributed by atoms with Gasteiger partial charge in [-0.15, -0.1) is 0 Å². The van der Waals surface area contributed by atoms with E-state index in [2.05, 4.69) is 5.32 Å². The highest BCUT2D eigenvalue weighted by molar-refractivity contribution is 6.42. The van der Waals surface area contributed by atoms with Crippen molar-refractivity contribution in [1.82, 2.24) is 5.32 Å². The van der Waals surface area contributed by atoms with Gasteiger partial charge in [0.25, 0.3) is 11.8 Å². The lowest BCUT2D eigenvalue weighted by molar-refractivity contribution is 0.0943. The summed E-state index contributed by atoms with van der Waals surface area (Å²) in [6.07, 6.45) is 0. The van der Waals surface area contributed by atoms with Crippen LogP contribution in [0.4, 0.5) is 10.1 Å². The van der Waals surface area contributed by atoms with Crippen molar-refractivity contribution >= 4 is 40.7 Å². The lowest BCUT2D eigenvalue weighted by atomic mass is 10.1. The van der Waals surface area contributed by atoms with Gasteiger partial charge in [0, 0.05) is 29.9 Å². The Morgan fingerprint density at radius 3 is 2.17 bits per heavy atom. The summed E-state index contributed by atoms with van der Waals surface area (Å²) in [5.74, 6) is -0.977. The number of hydrogen-bond acceptors (Lipinski definition) is 2. The highest BCUT2D eigenvalue weighted by Gasteiger charge is 2.18. The lowest BCUT2D eigenvalue weighted by Crippen LogP contribution is -2.38. The van der Waals surface area contributed by atoms with Crippen molar-refractivity contribution in [2.24, 2.45) is 0 Å². The standard InChI is InChI=1S/C23H19Cl2FN2O2/c1-15-2-4-16(5-3-15)23(30)28(19-9-7-18(26)8-10-19)13-12-27-22(29)17-6-11-20(24)21(25)14-17/h2-11,14H,12-13H2,1H3,(H,27,29). The molecule has 3 rings (SSSR count). The topological polar surface area (TPSA) is 49.4 Å². The zero-order valence-corrected chi connectivity index (χ0v) is 17.7. The predicted molar refractivity (Wildman–Crippen MR) is 118 cm³/mol. The highest BCUT2D eigenvalue weighted by atomic mass is 35.5. The normalized spacial score (nSPS) is 10.5. The molecule has 0 saturated carbocycles. The van der Waals surface area contributed by atoms with Crippen LogP contribution in [0.1, 0.15) is 26.3 Å². The number of hydrogen-bond donors (Lipinski definition) is 1. The maximum absolute atomic E-state index is 13.3. The van der Waals surface area contributed by atoms with Crippen LogP contribution in [0, 0.1) is 12.7 Å². The van der Waals surface area contributed by atoms with Gasteiger partial charge in [-0.05, 0) is 61.5 Å². The average Bonchev–Trinajstić information content (AvgIpc) is 2.74. The molecule has 0 spiro atoms. The van der Waals surface area contributed by atoms with Crippen LogP contribution in [0.5, 0.6) is 0 Å². The smallest absolute Gasteiger partial charge is 0.258 e. The van der Waals surface area contributed by atoms with Crippen molar-refractivity contribution in [3.63, 3.8) is 0 Å². The summed E-state index contributed by atoms with van der Waals surface area (Å²) in [7, 11) is 0. The van der Waals surface area contributed by atoms with E-state index >= 15 is 0 Å². The Hall–Kier alpha value is -2.89. The number of aryl methyl sites for hydroxylation is 1. The molecule has 7 heteroatoms. The molecule has 0 heterocycles. The van der Waals surface area contributed by atoms with Crippen LogP contribution >= 0.6 is 23.2 Å². The molecule has 3 aromatic carbocycles. The third-order valence-corrected chi connectivity index (χ3v) is 5.22. The Kier molecular flexibility index (Phi) is 7.08.